The zero-order valence-electron chi connectivity index (χ0n) is 18.3. The van der Waals surface area contributed by atoms with Crippen LogP contribution < -0.4 is 20.1 Å². The second-order valence-electron chi connectivity index (χ2n) is 7.57. The Bertz CT molecular complexity index is 1080. The van der Waals surface area contributed by atoms with E-state index in [1.165, 1.54) is 18.2 Å². The summed E-state index contributed by atoms with van der Waals surface area (Å²) >= 11 is 0. The van der Waals surface area contributed by atoms with Gasteiger partial charge in [0.05, 0.1) is 25.5 Å². The van der Waals surface area contributed by atoms with E-state index >= 15 is 0 Å². The first-order valence-corrected chi connectivity index (χ1v) is 10.2. The predicted molar refractivity (Wildman–Crippen MR) is 120 cm³/mol. The molecule has 1 heterocycles. The van der Waals surface area contributed by atoms with Crippen LogP contribution in [-0.4, -0.2) is 41.2 Å². The minimum Gasteiger partial charge on any atom is -0.497 e. The molecule has 3 aromatic rings. The molecular weight excluding hydrogens is 437 g/mol. The van der Waals surface area contributed by atoms with Crippen LogP contribution in [0.15, 0.2) is 54.6 Å². The summed E-state index contributed by atoms with van der Waals surface area (Å²) in [5.74, 6) is 0.988. The number of nitrogens with zero attached hydrogens (tertiary/aromatic N) is 2. The molecule has 10 heteroatoms. The maximum atomic E-state index is 12.7. The fraction of sp³-hybridized carbons (Fsp3) is 0.304. The van der Waals surface area contributed by atoms with E-state index in [1.807, 2.05) is 19.9 Å². The minimum absolute atomic E-state index is 0.0839. The van der Waals surface area contributed by atoms with Crippen LogP contribution in [0.2, 0.25) is 0 Å². The van der Waals surface area contributed by atoms with Crippen LogP contribution in [0.25, 0.3) is 11.3 Å². The van der Waals surface area contributed by atoms with Gasteiger partial charge in [0.1, 0.15) is 17.3 Å². The van der Waals surface area contributed by atoms with Gasteiger partial charge >= 0.3 is 6.36 Å². The van der Waals surface area contributed by atoms with Gasteiger partial charge < -0.3 is 25.2 Å². The lowest BCUT2D eigenvalue weighted by Gasteiger charge is -2.21. The number of nitrogens with one attached hydrogen (secondary N) is 2. The maximum Gasteiger partial charge on any atom is 0.573 e. The average Bonchev–Trinajstić information content (AvgIpc) is 2.76. The quantitative estimate of drug-likeness (QED) is 0.402. The monoisotopic (exact) mass is 462 g/mol. The van der Waals surface area contributed by atoms with Gasteiger partial charge in [0.2, 0.25) is 5.95 Å². The van der Waals surface area contributed by atoms with E-state index < -0.39 is 6.36 Å². The second kappa shape index (κ2) is 10.4. The molecule has 2 aromatic carbocycles. The lowest BCUT2D eigenvalue weighted by molar-refractivity contribution is -0.274. The van der Waals surface area contributed by atoms with Crippen LogP contribution in [0.3, 0.4) is 0 Å². The number of ether oxygens (including phenoxy) is 2. The molecule has 0 aliphatic heterocycles. The van der Waals surface area contributed by atoms with Crippen molar-refractivity contribution in [1.29, 1.82) is 0 Å². The summed E-state index contributed by atoms with van der Waals surface area (Å²) < 4.78 is 47.3. The van der Waals surface area contributed by atoms with Crippen molar-refractivity contribution in [2.75, 3.05) is 24.4 Å². The average molecular weight is 462 g/mol. The topological polar surface area (TPSA) is 88.5 Å². The highest BCUT2D eigenvalue weighted by Crippen LogP contribution is 2.30. The molecule has 0 unspecified atom stereocenters. The largest absolute Gasteiger partial charge is 0.573 e. The Kier molecular flexibility index (Phi) is 7.59. The van der Waals surface area contributed by atoms with E-state index in [-0.39, 0.29) is 30.3 Å². The number of rotatable bonds is 9. The Morgan fingerprint density at radius 1 is 1.00 bits per heavy atom. The molecule has 0 aliphatic rings. The first kappa shape index (κ1) is 24.1. The molecule has 0 aliphatic carbocycles. The Balaban J connectivity index is 2.00. The molecule has 0 fully saturated rings. The van der Waals surface area contributed by atoms with Crippen LogP contribution in [0, 0.1) is 5.92 Å². The second-order valence-corrected chi connectivity index (χ2v) is 7.57. The third kappa shape index (κ3) is 6.98. The first-order valence-electron chi connectivity index (χ1n) is 10.2. The highest BCUT2D eigenvalue weighted by atomic mass is 19.4. The zero-order chi connectivity index (χ0) is 24.0. The van der Waals surface area contributed by atoms with Gasteiger partial charge in [-0.25, -0.2) is 4.98 Å². The lowest BCUT2D eigenvalue weighted by Crippen LogP contribution is -2.30. The first-order chi connectivity index (χ1) is 15.7. The third-order valence-electron chi connectivity index (χ3n) is 4.75. The van der Waals surface area contributed by atoms with Crippen LogP contribution in [0.5, 0.6) is 11.5 Å². The molecule has 1 aromatic heterocycles. The summed E-state index contributed by atoms with van der Waals surface area (Å²) in [6, 6.07) is 14.0. The third-order valence-corrected chi connectivity index (χ3v) is 4.75. The summed E-state index contributed by atoms with van der Waals surface area (Å²) in [5.41, 5.74) is 1.47. The van der Waals surface area contributed by atoms with Crippen LogP contribution in [0.4, 0.5) is 30.6 Å². The molecule has 0 spiro atoms. The number of aromatic nitrogens is 2. The van der Waals surface area contributed by atoms with E-state index in [1.54, 1.807) is 37.4 Å². The van der Waals surface area contributed by atoms with Crippen molar-refractivity contribution >= 4 is 17.5 Å². The Labute approximate surface area is 189 Å². The number of hydrogen-bond acceptors (Lipinski definition) is 7. The van der Waals surface area contributed by atoms with E-state index in [9.17, 15) is 18.3 Å². The molecule has 0 amide bonds. The number of hydrogen-bond donors (Lipinski definition) is 3. The lowest BCUT2D eigenvalue weighted by atomic mass is 10.1. The molecule has 0 radical (unpaired) electrons. The molecule has 1 atom stereocenters. The van der Waals surface area contributed by atoms with Gasteiger partial charge in [-0.05, 0) is 30.2 Å². The molecule has 0 bridgehead atoms. The van der Waals surface area contributed by atoms with E-state index in [4.69, 9.17) is 4.74 Å². The SMILES string of the molecule is COc1cccc(Nc2cc(-c3cccc(OC(F)(F)F)c3)nc(N[C@@H](CO)C(C)C)n2)c1. The van der Waals surface area contributed by atoms with Gasteiger partial charge in [0.25, 0.3) is 0 Å². The van der Waals surface area contributed by atoms with Gasteiger partial charge in [-0.3, -0.25) is 0 Å². The van der Waals surface area contributed by atoms with E-state index in [0.717, 1.165) is 0 Å². The van der Waals surface area contributed by atoms with Crippen molar-refractivity contribution in [3.05, 3.63) is 54.6 Å². The molecule has 3 rings (SSSR count). The molecule has 7 nitrogen and oxygen atoms in total. The van der Waals surface area contributed by atoms with Crippen LogP contribution in [0.1, 0.15) is 13.8 Å². The number of methoxy groups -OCH3 is 1. The van der Waals surface area contributed by atoms with Crippen molar-refractivity contribution in [3.8, 4) is 22.8 Å². The van der Waals surface area contributed by atoms with Gasteiger partial charge in [0.15, 0.2) is 0 Å². The summed E-state index contributed by atoms with van der Waals surface area (Å²) in [6.45, 7) is 3.73. The molecule has 33 heavy (non-hydrogen) atoms. The number of aliphatic hydroxyl groups excluding tert-OH is 1. The normalized spacial score (nSPS) is 12.4. The zero-order valence-corrected chi connectivity index (χ0v) is 18.3. The molecule has 0 saturated heterocycles. The summed E-state index contributed by atoms with van der Waals surface area (Å²) in [4.78, 5) is 8.92. The summed E-state index contributed by atoms with van der Waals surface area (Å²) in [7, 11) is 1.56. The van der Waals surface area contributed by atoms with Gasteiger partial charge in [-0.2, -0.15) is 4.98 Å². The number of aliphatic hydroxyl groups is 1. The standard InChI is InChI=1S/C23H25F3N4O3/c1-14(2)20(13-31)29-22-28-19(15-6-4-9-18(10-15)33-23(24,25)26)12-21(30-22)27-16-7-5-8-17(11-16)32-3/h4-12,14,20,31H,13H2,1-3H3,(H2,27,28,29,30)/t20-/m0/s1. The van der Waals surface area contributed by atoms with E-state index in [2.05, 4.69) is 25.3 Å². The number of benzene rings is 2. The number of anilines is 3. The van der Waals surface area contributed by atoms with Crippen LogP contribution in [-0.2, 0) is 0 Å². The summed E-state index contributed by atoms with van der Waals surface area (Å²) in [5, 5.41) is 15.9. The van der Waals surface area contributed by atoms with E-state index in [0.29, 0.717) is 28.5 Å². The van der Waals surface area contributed by atoms with Crippen molar-refractivity contribution in [1.82, 2.24) is 9.97 Å². The Morgan fingerprint density at radius 3 is 2.39 bits per heavy atom. The van der Waals surface area contributed by atoms with Crippen molar-refractivity contribution in [2.45, 2.75) is 26.3 Å². The minimum atomic E-state index is -4.80. The van der Waals surface area contributed by atoms with Gasteiger partial charge in [0, 0.05) is 23.4 Å². The predicted octanol–water partition coefficient (Wildman–Crippen LogP) is 5.22. The van der Waals surface area contributed by atoms with Gasteiger partial charge in [-0.1, -0.05) is 32.0 Å². The highest BCUT2D eigenvalue weighted by Gasteiger charge is 2.31. The van der Waals surface area contributed by atoms with Gasteiger partial charge in [-0.15, -0.1) is 13.2 Å². The molecule has 3 N–H and O–H groups in total. The van der Waals surface area contributed by atoms with Crippen molar-refractivity contribution in [2.24, 2.45) is 5.92 Å². The van der Waals surface area contributed by atoms with Crippen LogP contribution >= 0.6 is 0 Å². The maximum absolute atomic E-state index is 12.7. The Morgan fingerprint density at radius 2 is 1.73 bits per heavy atom. The number of halogens is 3. The molecule has 0 saturated carbocycles. The van der Waals surface area contributed by atoms with Crippen molar-refractivity contribution < 1.29 is 27.8 Å². The Hall–Kier alpha value is -3.53. The smallest absolute Gasteiger partial charge is 0.497 e. The highest BCUT2D eigenvalue weighted by molar-refractivity contribution is 5.68. The fourth-order valence-corrected chi connectivity index (χ4v) is 3.01. The fourth-order valence-electron chi connectivity index (χ4n) is 3.01. The molecular formula is C23H25F3N4O3. The molecule has 176 valence electrons. The summed E-state index contributed by atoms with van der Waals surface area (Å²) in [6.07, 6.45) is -4.80. The number of alkyl halides is 3. The van der Waals surface area contributed by atoms with Crippen molar-refractivity contribution in [3.63, 3.8) is 0 Å².